The van der Waals surface area contributed by atoms with Gasteiger partial charge in [-0.3, -0.25) is 9.59 Å². The average molecular weight is 521 g/mol. The number of carbonyl (C=O) groups excluding carboxylic acids is 1. The van der Waals surface area contributed by atoms with Crippen molar-refractivity contribution in [2.45, 2.75) is 38.2 Å². The van der Waals surface area contributed by atoms with E-state index in [4.69, 9.17) is 4.98 Å². The van der Waals surface area contributed by atoms with Gasteiger partial charge in [0.1, 0.15) is 10.7 Å². The van der Waals surface area contributed by atoms with E-state index in [9.17, 15) is 9.59 Å². The second-order valence-corrected chi connectivity index (χ2v) is 12.0. The third-order valence-electron chi connectivity index (χ3n) is 5.84. The van der Waals surface area contributed by atoms with E-state index in [1.54, 1.807) is 11.3 Å². The van der Waals surface area contributed by atoms with Gasteiger partial charge < -0.3 is 10.3 Å². The second kappa shape index (κ2) is 9.93. The van der Waals surface area contributed by atoms with Crippen molar-refractivity contribution in [1.29, 1.82) is 0 Å². The summed E-state index contributed by atoms with van der Waals surface area (Å²) in [5.41, 5.74) is 3.80. The third kappa shape index (κ3) is 5.17. The molecule has 0 spiro atoms. The van der Waals surface area contributed by atoms with Gasteiger partial charge in [-0.1, -0.05) is 24.3 Å². The van der Waals surface area contributed by atoms with Crippen LogP contribution in [0.5, 0.6) is 0 Å². The van der Waals surface area contributed by atoms with Crippen LogP contribution in [0.2, 0.25) is 0 Å². The zero-order valence-electron chi connectivity index (χ0n) is 19.5. The number of aryl methyl sites for hydroxylation is 2. The molecular formula is C26H24N4O2S3. The van der Waals surface area contributed by atoms with E-state index in [-0.39, 0.29) is 16.7 Å². The summed E-state index contributed by atoms with van der Waals surface area (Å²) in [6.45, 7) is 5.80. The van der Waals surface area contributed by atoms with Crippen LogP contribution in [-0.2, 0) is 17.0 Å². The van der Waals surface area contributed by atoms with E-state index in [1.807, 2.05) is 63.2 Å². The van der Waals surface area contributed by atoms with E-state index in [1.165, 1.54) is 27.8 Å². The van der Waals surface area contributed by atoms with Crippen molar-refractivity contribution in [3.63, 3.8) is 0 Å². The number of para-hydroxylation sites is 1. The molecule has 3 heterocycles. The van der Waals surface area contributed by atoms with Gasteiger partial charge in [0.2, 0.25) is 5.91 Å². The lowest BCUT2D eigenvalue weighted by Crippen LogP contribution is -2.23. The molecule has 6 nitrogen and oxygen atoms in total. The number of anilines is 1. The van der Waals surface area contributed by atoms with Crippen LogP contribution < -0.4 is 10.9 Å². The van der Waals surface area contributed by atoms with Gasteiger partial charge in [-0.15, -0.1) is 34.4 Å². The predicted molar refractivity (Wildman–Crippen MR) is 148 cm³/mol. The number of rotatable bonds is 7. The number of nitrogens with zero attached hydrogens (tertiary/aromatic N) is 2. The highest BCUT2D eigenvalue weighted by molar-refractivity contribution is 7.99. The summed E-state index contributed by atoms with van der Waals surface area (Å²) in [6, 6.07) is 16.0. The lowest BCUT2D eigenvalue weighted by molar-refractivity contribution is -0.115. The van der Waals surface area contributed by atoms with Crippen molar-refractivity contribution in [2.24, 2.45) is 0 Å². The molecule has 2 N–H and O–H groups in total. The van der Waals surface area contributed by atoms with Crippen molar-refractivity contribution < 1.29 is 4.79 Å². The van der Waals surface area contributed by atoms with Crippen molar-refractivity contribution in [1.82, 2.24) is 15.0 Å². The molecule has 0 bridgehead atoms. The van der Waals surface area contributed by atoms with Crippen molar-refractivity contribution in [2.75, 3.05) is 5.32 Å². The fraction of sp³-hybridized carbons (Fsp3) is 0.231. The Morgan fingerprint density at radius 1 is 1.09 bits per heavy atom. The molecule has 0 fully saturated rings. The molecule has 3 aromatic heterocycles. The Morgan fingerprint density at radius 2 is 1.86 bits per heavy atom. The molecule has 9 heteroatoms. The maximum atomic E-state index is 12.7. The molecule has 35 heavy (non-hydrogen) atoms. The van der Waals surface area contributed by atoms with Crippen LogP contribution in [0.1, 0.15) is 33.8 Å². The van der Waals surface area contributed by atoms with Gasteiger partial charge in [0, 0.05) is 17.0 Å². The fourth-order valence-corrected chi connectivity index (χ4v) is 6.57. The van der Waals surface area contributed by atoms with Crippen LogP contribution in [0.25, 0.3) is 20.4 Å². The highest BCUT2D eigenvalue weighted by Crippen LogP contribution is 2.27. The first-order valence-electron chi connectivity index (χ1n) is 11.2. The third-order valence-corrected chi connectivity index (χ3v) is 9.13. The van der Waals surface area contributed by atoms with Gasteiger partial charge in [0.05, 0.1) is 31.6 Å². The number of thiophene rings is 1. The summed E-state index contributed by atoms with van der Waals surface area (Å²) in [5, 5.41) is 4.42. The Morgan fingerprint density at radius 3 is 2.63 bits per heavy atom. The van der Waals surface area contributed by atoms with Gasteiger partial charge in [-0.05, 0) is 56.2 Å². The molecule has 0 aliphatic heterocycles. The number of H-pyrrole nitrogens is 1. The number of aromatic nitrogens is 3. The van der Waals surface area contributed by atoms with Crippen LogP contribution >= 0.6 is 34.4 Å². The molecule has 1 amide bonds. The van der Waals surface area contributed by atoms with E-state index >= 15 is 0 Å². The zero-order chi connectivity index (χ0) is 24.5. The van der Waals surface area contributed by atoms with Crippen LogP contribution in [-0.4, -0.2) is 26.1 Å². The number of nitrogens with one attached hydrogen (secondary N) is 2. The summed E-state index contributed by atoms with van der Waals surface area (Å²) >= 11 is 4.68. The van der Waals surface area contributed by atoms with Gasteiger partial charge >= 0.3 is 0 Å². The topological polar surface area (TPSA) is 87.7 Å². The molecule has 5 rings (SSSR count). The Kier molecular flexibility index (Phi) is 6.73. The molecule has 0 saturated heterocycles. The summed E-state index contributed by atoms with van der Waals surface area (Å²) in [4.78, 5) is 39.2. The highest BCUT2D eigenvalue weighted by atomic mass is 32.2. The Bertz CT molecular complexity index is 1550. The first kappa shape index (κ1) is 23.7. The largest absolute Gasteiger partial charge is 0.325 e. The maximum Gasteiger partial charge on any atom is 0.259 e. The lowest BCUT2D eigenvalue weighted by Gasteiger charge is -2.12. The normalized spacial score (nSPS) is 12.3. The number of thiazole rings is 1. The molecule has 178 valence electrons. The van der Waals surface area contributed by atoms with Crippen LogP contribution in [0.4, 0.5) is 5.69 Å². The maximum absolute atomic E-state index is 12.7. The number of benzene rings is 2. The van der Waals surface area contributed by atoms with E-state index in [0.717, 1.165) is 43.5 Å². The van der Waals surface area contributed by atoms with Crippen LogP contribution in [0.15, 0.2) is 53.3 Å². The molecule has 1 unspecified atom stereocenters. The Balaban J connectivity index is 1.18. The molecule has 0 aliphatic rings. The lowest BCUT2D eigenvalue weighted by atomic mass is 10.1. The quantitative estimate of drug-likeness (QED) is 0.272. The van der Waals surface area contributed by atoms with Gasteiger partial charge in [-0.2, -0.15) is 0 Å². The first-order chi connectivity index (χ1) is 16.9. The molecule has 1 atom stereocenters. The first-order valence-corrected chi connectivity index (χ1v) is 13.9. The summed E-state index contributed by atoms with van der Waals surface area (Å²) in [7, 11) is 0. The fourth-order valence-electron chi connectivity index (χ4n) is 3.77. The predicted octanol–water partition coefficient (Wildman–Crippen LogP) is 6.06. The monoisotopic (exact) mass is 520 g/mol. The molecule has 0 aliphatic carbocycles. The highest BCUT2D eigenvalue weighted by Gasteiger charge is 2.16. The number of amides is 1. The second-order valence-electron chi connectivity index (χ2n) is 8.37. The van der Waals surface area contributed by atoms with Crippen molar-refractivity contribution in [3.05, 3.63) is 85.7 Å². The summed E-state index contributed by atoms with van der Waals surface area (Å²) < 4.78 is 1.19. The number of hydrogen-bond acceptors (Lipinski definition) is 7. The minimum absolute atomic E-state index is 0.0832. The molecule has 0 radical (unpaired) electrons. The van der Waals surface area contributed by atoms with Crippen LogP contribution in [0.3, 0.4) is 0 Å². The number of aromatic amines is 1. The molecular weight excluding hydrogens is 497 g/mol. The molecule has 2 aromatic carbocycles. The van der Waals surface area contributed by atoms with Crippen LogP contribution in [0, 0.1) is 13.8 Å². The Labute approximate surface area is 214 Å². The van der Waals surface area contributed by atoms with E-state index in [0.29, 0.717) is 17.0 Å². The molecule has 0 saturated carbocycles. The minimum Gasteiger partial charge on any atom is -0.325 e. The minimum atomic E-state index is -0.301. The average Bonchev–Trinajstić information content (AvgIpc) is 3.38. The number of thioether (sulfide) groups is 1. The standard InChI is InChI=1S/C26H24N4O2S3/c1-14-15(2)34-26-23(14)25(32)29-21(30-26)13-33-16(3)24(31)27-18-10-8-17(9-11-18)12-22-28-19-6-4-5-7-20(19)35-22/h4-11,16H,12-13H2,1-3H3,(H,27,31)(H,29,30,32). The van der Waals surface area contributed by atoms with E-state index in [2.05, 4.69) is 21.4 Å². The SMILES string of the molecule is Cc1sc2nc(CSC(C)C(=O)Nc3ccc(Cc4nc5ccccc5s4)cc3)[nH]c(=O)c2c1C. The number of carbonyl (C=O) groups is 1. The van der Waals surface area contributed by atoms with E-state index < -0.39 is 0 Å². The van der Waals surface area contributed by atoms with Gasteiger partial charge in [0.15, 0.2) is 0 Å². The van der Waals surface area contributed by atoms with Gasteiger partial charge in [0.25, 0.3) is 5.56 Å². The van der Waals surface area contributed by atoms with Crippen molar-refractivity contribution in [3.8, 4) is 0 Å². The zero-order valence-corrected chi connectivity index (χ0v) is 22.0. The van der Waals surface area contributed by atoms with Crippen molar-refractivity contribution >= 4 is 66.5 Å². The number of hydrogen-bond donors (Lipinski definition) is 2. The summed E-state index contributed by atoms with van der Waals surface area (Å²) in [6.07, 6.45) is 0.763. The smallest absolute Gasteiger partial charge is 0.259 e. The van der Waals surface area contributed by atoms with Gasteiger partial charge in [-0.25, -0.2) is 9.97 Å². The molecule has 5 aromatic rings. The summed E-state index contributed by atoms with van der Waals surface area (Å²) in [5.74, 6) is 0.962. The number of fused-ring (bicyclic) bond motifs is 2. The Hall–Kier alpha value is -3.01.